The standard InChI is InChI=1S/C15H16ClN3O2/c1-21-12-6-7-13(16)14(8-12)18-9-10-2-4-11(5-3-10)15(17)19-20/h2-8,18,20H,9H2,1H3,(H2,17,19). The molecule has 0 aliphatic rings. The van der Waals surface area contributed by atoms with Crippen LogP contribution in [0.5, 0.6) is 5.75 Å². The quantitative estimate of drug-likeness (QED) is 0.343. The maximum atomic E-state index is 8.61. The Morgan fingerprint density at radius 1 is 1.29 bits per heavy atom. The van der Waals surface area contributed by atoms with E-state index in [-0.39, 0.29) is 5.84 Å². The predicted octanol–water partition coefficient (Wildman–Crippen LogP) is 3.06. The maximum absolute atomic E-state index is 8.61. The van der Waals surface area contributed by atoms with Crippen LogP contribution in [0.2, 0.25) is 5.02 Å². The molecule has 0 amide bonds. The number of nitrogens with zero attached hydrogens (tertiary/aromatic N) is 1. The molecule has 0 bridgehead atoms. The van der Waals surface area contributed by atoms with Crippen molar-refractivity contribution in [3.05, 3.63) is 58.6 Å². The fourth-order valence-electron chi connectivity index (χ4n) is 1.82. The van der Waals surface area contributed by atoms with Gasteiger partial charge in [-0.3, -0.25) is 0 Å². The number of hydrogen-bond acceptors (Lipinski definition) is 4. The minimum Gasteiger partial charge on any atom is -0.497 e. The third-order valence-corrected chi connectivity index (χ3v) is 3.34. The minimum absolute atomic E-state index is 0.0883. The van der Waals surface area contributed by atoms with Crippen molar-refractivity contribution in [2.75, 3.05) is 12.4 Å². The Morgan fingerprint density at radius 3 is 2.62 bits per heavy atom. The van der Waals surface area contributed by atoms with Crippen molar-refractivity contribution in [3.8, 4) is 5.75 Å². The zero-order chi connectivity index (χ0) is 15.2. The molecule has 21 heavy (non-hydrogen) atoms. The van der Waals surface area contributed by atoms with Crippen LogP contribution in [-0.2, 0) is 6.54 Å². The zero-order valence-electron chi connectivity index (χ0n) is 11.5. The van der Waals surface area contributed by atoms with Crippen LogP contribution >= 0.6 is 11.6 Å². The lowest BCUT2D eigenvalue weighted by atomic mass is 10.1. The summed E-state index contributed by atoms with van der Waals surface area (Å²) in [5, 5.41) is 15.4. The molecule has 0 heterocycles. The number of benzene rings is 2. The molecule has 2 rings (SSSR count). The van der Waals surface area contributed by atoms with Crippen molar-refractivity contribution in [1.82, 2.24) is 0 Å². The third kappa shape index (κ3) is 3.79. The summed E-state index contributed by atoms with van der Waals surface area (Å²) in [5.41, 5.74) is 8.03. The molecular weight excluding hydrogens is 290 g/mol. The lowest BCUT2D eigenvalue weighted by molar-refractivity contribution is 0.318. The van der Waals surface area contributed by atoms with Crippen molar-refractivity contribution in [2.24, 2.45) is 10.9 Å². The normalized spacial score (nSPS) is 11.2. The van der Waals surface area contributed by atoms with Crippen LogP contribution in [-0.4, -0.2) is 18.2 Å². The summed E-state index contributed by atoms with van der Waals surface area (Å²) in [4.78, 5) is 0. The summed E-state index contributed by atoms with van der Waals surface area (Å²) in [5.74, 6) is 0.828. The molecule has 5 nitrogen and oxygen atoms in total. The first-order valence-electron chi connectivity index (χ1n) is 6.28. The molecule has 0 saturated carbocycles. The molecule has 2 aromatic carbocycles. The second-order valence-electron chi connectivity index (χ2n) is 4.38. The van der Waals surface area contributed by atoms with Crippen molar-refractivity contribution in [1.29, 1.82) is 0 Å². The van der Waals surface area contributed by atoms with E-state index in [1.54, 1.807) is 31.4 Å². The predicted molar refractivity (Wildman–Crippen MR) is 84.3 cm³/mol. The molecule has 0 fully saturated rings. The number of nitrogens with one attached hydrogen (secondary N) is 1. The monoisotopic (exact) mass is 305 g/mol. The highest BCUT2D eigenvalue weighted by molar-refractivity contribution is 6.33. The van der Waals surface area contributed by atoms with E-state index >= 15 is 0 Å². The molecule has 0 aliphatic heterocycles. The van der Waals surface area contributed by atoms with E-state index < -0.39 is 0 Å². The van der Waals surface area contributed by atoms with Gasteiger partial charge in [0.2, 0.25) is 0 Å². The number of oxime groups is 1. The van der Waals surface area contributed by atoms with Gasteiger partial charge in [0, 0.05) is 18.2 Å². The lowest BCUT2D eigenvalue weighted by Gasteiger charge is -2.10. The van der Waals surface area contributed by atoms with E-state index in [0.717, 1.165) is 17.0 Å². The molecule has 0 aromatic heterocycles. The first kappa shape index (κ1) is 15.0. The smallest absolute Gasteiger partial charge is 0.170 e. The van der Waals surface area contributed by atoms with Crippen molar-refractivity contribution in [3.63, 3.8) is 0 Å². The van der Waals surface area contributed by atoms with E-state index in [1.165, 1.54) is 0 Å². The Balaban J connectivity index is 2.06. The van der Waals surface area contributed by atoms with Gasteiger partial charge in [0.15, 0.2) is 5.84 Å². The van der Waals surface area contributed by atoms with E-state index in [0.29, 0.717) is 17.1 Å². The minimum atomic E-state index is 0.0883. The van der Waals surface area contributed by atoms with Crippen LogP contribution in [0.25, 0.3) is 0 Å². The number of nitrogens with two attached hydrogens (primary N) is 1. The van der Waals surface area contributed by atoms with Crippen LogP contribution in [0.15, 0.2) is 47.6 Å². The topological polar surface area (TPSA) is 79.9 Å². The van der Waals surface area contributed by atoms with Gasteiger partial charge in [-0.05, 0) is 17.7 Å². The summed E-state index contributed by atoms with van der Waals surface area (Å²) >= 11 is 6.13. The number of methoxy groups -OCH3 is 1. The summed E-state index contributed by atoms with van der Waals surface area (Å²) in [6.07, 6.45) is 0. The fraction of sp³-hybridized carbons (Fsp3) is 0.133. The Morgan fingerprint density at radius 2 is 2.00 bits per heavy atom. The fourth-order valence-corrected chi connectivity index (χ4v) is 2.00. The maximum Gasteiger partial charge on any atom is 0.170 e. The lowest BCUT2D eigenvalue weighted by Crippen LogP contribution is -2.13. The molecule has 0 radical (unpaired) electrons. The van der Waals surface area contributed by atoms with Crippen molar-refractivity contribution < 1.29 is 9.94 Å². The van der Waals surface area contributed by atoms with E-state index in [2.05, 4.69) is 10.5 Å². The molecule has 0 unspecified atom stereocenters. The number of rotatable bonds is 5. The average Bonchev–Trinajstić information content (AvgIpc) is 2.54. The van der Waals surface area contributed by atoms with Crippen molar-refractivity contribution in [2.45, 2.75) is 6.54 Å². The Bertz CT molecular complexity index is 642. The van der Waals surface area contributed by atoms with Crippen molar-refractivity contribution >= 4 is 23.1 Å². The molecule has 2 aromatic rings. The van der Waals surface area contributed by atoms with Crippen LogP contribution < -0.4 is 15.8 Å². The Hall–Kier alpha value is -2.40. The zero-order valence-corrected chi connectivity index (χ0v) is 12.3. The van der Waals surface area contributed by atoms with Gasteiger partial charge in [-0.25, -0.2) is 0 Å². The Labute approximate surface area is 128 Å². The van der Waals surface area contributed by atoms with Crippen LogP contribution in [0.1, 0.15) is 11.1 Å². The second-order valence-corrected chi connectivity index (χ2v) is 4.79. The molecular formula is C15H16ClN3O2. The van der Waals surface area contributed by atoms with Crippen LogP contribution in [0.3, 0.4) is 0 Å². The summed E-state index contributed by atoms with van der Waals surface area (Å²) < 4.78 is 5.17. The number of ether oxygens (including phenoxy) is 1. The van der Waals surface area contributed by atoms with Crippen LogP contribution in [0, 0.1) is 0 Å². The highest BCUT2D eigenvalue weighted by Crippen LogP contribution is 2.27. The van der Waals surface area contributed by atoms with E-state index in [1.807, 2.05) is 18.2 Å². The largest absolute Gasteiger partial charge is 0.497 e. The highest BCUT2D eigenvalue weighted by Gasteiger charge is 2.03. The van der Waals surface area contributed by atoms with E-state index in [9.17, 15) is 0 Å². The molecule has 110 valence electrons. The molecule has 0 spiro atoms. The van der Waals surface area contributed by atoms with E-state index in [4.69, 9.17) is 27.3 Å². The number of hydrogen-bond donors (Lipinski definition) is 3. The van der Waals surface area contributed by atoms with Gasteiger partial charge < -0.3 is 21.0 Å². The van der Waals surface area contributed by atoms with Gasteiger partial charge in [-0.1, -0.05) is 41.0 Å². The molecule has 4 N–H and O–H groups in total. The van der Waals surface area contributed by atoms with Gasteiger partial charge >= 0.3 is 0 Å². The molecule has 0 saturated heterocycles. The first-order valence-corrected chi connectivity index (χ1v) is 6.66. The summed E-state index contributed by atoms with van der Waals surface area (Å²) in [7, 11) is 1.61. The average molecular weight is 306 g/mol. The summed E-state index contributed by atoms with van der Waals surface area (Å²) in [6.45, 7) is 0.601. The van der Waals surface area contributed by atoms with Gasteiger partial charge in [0.05, 0.1) is 17.8 Å². The number of anilines is 1. The molecule has 0 atom stereocenters. The summed E-state index contributed by atoms with van der Waals surface area (Å²) in [6, 6.07) is 12.8. The van der Waals surface area contributed by atoms with Gasteiger partial charge in [-0.2, -0.15) is 0 Å². The Kier molecular flexibility index (Phi) is 4.90. The first-order chi connectivity index (χ1) is 10.1. The van der Waals surface area contributed by atoms with Gasteiger partial charge in [-0.15, -0.1) is 0 Å². The molecule has 0 aliphatic carbocycles. The SMILES string of the molecule is COc1ccc(Cl)c(NCc2ccc(C(N)=NO)cc2)c1. The van der Waals surface area contributed by atoms with Crippen LogP contribution in [0.4, 0.5) is 5.69 Å². The number of halogens is 1. The number of amidine groups is 1. The highest BCUT2D eigenvalue weighted by atomic mass is 35.5. The van der Waals surface area contributed by atoms with Gasteiger partial charge in [0.25, 0.3) is 0 Å². The van der Waals surface area contributed by atoms with Gasteiger partial charge in [0.1, 0.15) is 5.75 Å². The molecule has 6 heteroatoms. The second kappa shape index (κ2) is 6.85. The third-order valence-electron chi connectivity index (χ3n) is 3.01.